The Balaban J connectivity index is 0.00000121. The number of carbonyl (C=O) groups excluding carboxylic acids is 1. The molecule has 1 radical (unpaired) electrons. The molecule has 5 nitrogen and oxygen atoms in total. The van der Waals surface area contributed by atoms with Crippen molar-refractivity contribution in [2.75, 3.05) is 11.9 Å². The van der Waals surface area contributed by atoms with Gasteiger partial charge in [-0.25, -0.2) is 0 Å². The molecular formula is C6H7N4OY-. The van der Waals surface area contributed by atoms with Crippen LogP contribution in [0.2, 0.25) is 0 Å². The largest absolute Gasteiger partial charge is 0.454 e. The van der Waals surface area contributed by atoms with E-state index < -0.39 is 0 Å². The summed E-state index contributed by atoms with van der Waals surface area (Å²) in [6, 6.07) is 0. The molecule has 1 aromatic heterocycles. The number of nitrogens with two attached hydrogens (primary N) is 1. The number of hydrogen-bond acceptors (Lipinski definition) is 4. The second kappa shape index (κ2) is 6.17. The summed E-state index contributed by atoms with van der Waals surface area (Å²) >= 11 is 0. The molecule has 0 aliphatic carbocycles. The third-order valence-corrected chi connectivity index (χ3v) is 0.976. The van der Waals surface area contributed by atoms with Crippen LogP contribution in [-0.2, 0) is 37.5 Å². The van der Waals surface area contributed by atoms with Crippen molar-refractivity contribution in [2.24, 2.45) is 5.73 Å². The number of carbonyl (C=O) groups is 1. The summed E-state index contributed by atoms with van der Waals surface area (Å²) in [7, 11) is 0. The van der Waals surface area contributed by atoms with Gasteiger partial charge in [0, 0.05) is 32.7 Å². The van der Waals surface area contributed by atoms with Crippen molar-refractivity contribution in [3.05, 3.63) is 18.6 Å². The van der Waals surface area contributed by atoms with Crippen molar-refractivity contribution in [1.29, 1.82) is 0 Å². The molecule has 1 heterocycles. The Hall–Kier alpha value is -0.386. The molecule has 3 N–H and O–H groups in total. The van der Waals surface area contributed by atoms with Gasteiger partial charge in [0.1, 0.15) is 0 Å². The Kier molecular flexibility index (Phi) is 5.97. The van der Waals surface area contributed by atoms with Gasteiger partial charge in [-0.15, -0.1) is 6.20 Å². The minimum atomic E-state index is -0.287. The molecule has 0 spiro atoms. The van der Waals surface area contributed by atoms with Crippen molar-refractivity contribution in [3.63, 3.8) is 0 Å². The second-order valence-corrected chi connectivity index (χ2v) is 1.78. The first-order valence-corrected chi connectivity index (χ1v) is 3.01. The third-order valence-electron chi connectivity index (χ3n) is 0.976. The summed E-state index contributed by atoms with van der Waals surface area (Å²) in [4.78, 5) is 18.1. The monoisotopic (exact) mass is 240 g/mol. The van der Waals surface area contributed by atoms with Crippen LogP contribution >= 0.6 is 0 Å². The normalized spacial score (nSPS) is 8.42. The number of anilines is 1. The molecule has 0 atom stereocenters. The molecule has 0 saturated carbocycles. The van der Waals surface area contributed by atoms with Gasteiger partial charge in [0.2, 0.25) is 5.91 Å². The van der Waals surface area contributed by atoms with Crippen molar-refractivity contribution in [2.45, 2.75) is 0 Å². The first kappa shape index (κ1) is 11.6. The molecule has 1 aromatic rings. The molecule has 0 aliphatic heterocycles. The van der Waals surface area contributed by atoms with E-state index in [1.807, 2.05) is 0 Å². The van der Waals surface area contributed by atoms with Gasteiger partial charge in [0.15, 0.2) is 0 Å². The van der Waals surface area contributed by atoms with Crippen LogP contribution in [0.3, 0.4) is 0 Å². The van der Waals surface area contributed by atoms with Gasteiger partial charge >= 0.3 is 0 Å². The third kappa shape index (κ3) is 3.85. The summed E-state index contributed by atoms with van der Waals surface area (Å²) in [5.41, 5.74) is 5.05. The van der Waals surface area contributed by atoms with E-state index >= 15 is 0 Å². The summed E-state index contributed by atoms with van der Waals surface area (Å²) in [5, 5.41) is 2.43. The minimum Gasteiger partial charge on any atom is -0.454 e. The van der Waals surface area contributed by atoms with Gasteiger partial charge in [-0.2, -0.15) is 0 Å². The molecule has 1 rings (SSSR count). The number of hydrogen-bond donors (Lipinski definition) is 2. The van der Waals surface area contributed by atoms with Crippen LogP contribution in [0.5, 0.6) is 0 Å². The molecular weight excluding hydrogens is 233 g/mol. The van der Waals surface area contributed by atoms with Gasteiger partial charge in [0.05, 0.1) is 12.4 Å². The van der Waals surface area contributed by atoms with Crippen molar-refractivity contribution in [1.82, 2.24) is 9.97 Å². The van der Waals surface area contributed by atoms with E-state index in [-0.39, 0.29) is 45.2 Å². The number of nitrogens with one attached hydrogen (secondary N) is 1. The standard InChI is InChI=1S/C6H7N4O.Y/c7-3-6(11)10-5-4-8-1-2-9-5;/h2,4H,3,7H2,(H,9,10,11);/q-1;. The molecule has 0 aliphatic rings. The van der Waals surface area contributed by atoms with Crippen molar-refractivity contribution < 1.29 is 37.5 Å². The van der Waals surface area contributed by atoms with Gasteiger partial charge < -0.3 is 16.0 Å². The maximum absolute atomic E-state index is 10.7. The molecule has 0 saturated heterocycles. The van der Waals surface area contributed by atoms with Crippen LogP contribution in [0.15, 0.2) is 12.4 Å². The van der Waals surface area contributed by atoms with Crippen LogP contribution < -0.4 is 11.1 Å². The molecule has 6 heteroatoms. The quantitative estimate of drug-likeness (QED) is 0.661. The first-order chi connectivity index (χ1) is 5.33. The van der Waals surface area contributed by atoms with Crippen LogP contribution in [0, 0.1) is 6.20 Å². The molecule has 0 fully saturated rings. The maximum atomic E-state index is 10.7. The number of nitrogens with zero attached hydrogens (tertiary/aromatic N) is 2. The van der Waals surface area contributed by atoms with E-state index in [1.165, 1.54) is 12.4 Å². The van der Waals surface area contributed by atoms with Crippen LogP contribution in [0.4, 0.5) is 5.82 Å². The topological polar surface area (TPSA) is 80.9 Å². The SMILES string of the molecule is NCC(=O)Nc1cn[c-]cn1.[Y]. The number of rotatable bonds is 2. The van der Waals surface area contributed by atoms with Crippen LogP contribution in [0.1, 0.15) is 0 Å². The van der Waals surface area contributed by atoms with Gasteiger partial charge in [0.25, 0.3) is 0 Å². The van der Waals surface area contributed by atoms with E-state index in [0.717, 1.165) is 0 Å². The summed E-state index contributed by atoms with van der Waals surface area (Å²) in [6.45, 7) is -0.0553. The molecule has 61 valence electrons. The summed E-state index contributed by atoms with van der Waals surface area (Å²) in [6.07, 6.45) is 5.24. The maximum Gasteiger partial charge on any atom is 0.238 e. The smallest absolute Gasteiger partial charge is 0.238 e. The zero-order chi connectivity index (χ0) is 8.10. The van der Waals surface area contributed by atoms with Crippen LogP contribution in [0.25, 0.3) is 0 Å². The number of amides is 1. The van der Waals surface area contributed by atoms with E-state index in [1.54, 1.807) is 0 Å². The molecule has 1 amide bonds. The van der Waals surface area contributed by atoms with Crippen molar-refractivity contribution in [3.8, 4) is 0 Å². The Bertz CT molecular complexity index is 241. The molecule has 0 aromatic carbocycles. The van der Waals surface area contributed by atoms with Crippen LogP contribution in [-0.4, -0.2) is 22.4 Å². The zero-order valence-corrected chi connectivity index (χ0v) is 9.16. The number of aromatic nitrogens is 2. The fourth-order valence-corrected chi connectivity index (χ4v) is 0.522. The Morgan fingerprint density at radius 2 is 2.50 bits per heavy atom. The van der Waals surface area contributed by atoms with Gasteiger partial charge in [-0.1, -0.05) is 6.20 Å². The fraction of sp³-hybridized carbons (Fsp3) is 0.167. The summed E-state index contributed by atoms with van der Waals surface area (Å²) < 4.78 is 0. The van der Waals surface area contributed by atoms with E-state index in [4.69, 9.17) is 5.73 Å². The minimum absolute atomic E-state index is 0. The second-order valence-electron chi connectivity index (χ2n) is 1.78. The van der Waals surface area contributed by atoms with Gasteiger partial charge in [-0.05, 0) is 6.20 Å². The predicted octanol–water partition coefficient (Wildman–Crippen LogP) is -0.829. The average molecular weight is 240 g/mol. The first-order valence-electron chi connectivity index (χ1n) is 3.01. The summed E-state index contributed by atoms with van der Waals surface area (Å²) in [5.74, 6) is 0.102. The Morgan fingerprint density at radius 1 is 1.75 bits per heavy atom. The molecule has 0 bridgehead atoms. The fourth-order valence-electron chi connectivity index (χ4n) is 0.522. The zero-order valence-electron chi connectivity index (χ0n) is 6.32. The van der Waals surface area contributed by atoms with E-state index in [0.29, 0.717) is 5.82 Å². The van der Waals surface area contributed by atoms with E-state index in [2.05, 4.69) is 21.5 Å². The molecule has 12 heavy (non-hydrogen) atoms. The van der Waals surface area contributed by atoms with E-state index in [9.17, 15) is 4.79 Å². The van der Waals surface area contributed by atoms with Gasteiger partial charge in [-0.3, -0.25) is 9.78 Å². The Labute approximate surface area is 95.0 Å². The van der Waals surface area contributed by atoms with Crippen molar-refractivity contribution >= 4 is 11.7 Å². The molecule has 0 unspecified atom stereocenters. The predicted molar refractivity (Wildman–Crippen MR) is 38.6 cm³/mol. The average Bonchev–Trinajstić information content (AvgIpc) is 2.06. The Morgan fingerprint density at radius 3 is 3.00 bits per heavy atom.